The molecule has 0 aliphatic heterocycles. The van der Waals surface area contributed by atoms with Crippen LogP contribution in [0.2, 0.25) is 0 Å². The first-order valence-electron chi connectivity index (χ1n) is 6.93. The fourth-order valence-corrected chi connectivity index (χ4v) is 3.12. The van der Waals surface area contributed by atoms with Gasteiger partial charge >= 0.3 is 0 Å². The van der Waals surface area contributed by atoms with Gasteiger partial charge in [0.15, 0.2) is 0 Å². The molecule has 0 atom stereocenters. The van der Waals surface area contributed by atoms with Crippen molar-refractivity contribution >= 4 is 26.0 Å². The Balaban J connectivity index is 1.68. The van der Waals surface area contributed by atoms with Gasteiger partial charge in [-0.1, -0.05) is 34.1 Å². The van der Waals surface area contributed by atoms with Gasteiger partial charge in [0, 0.05) is 17.1 Å². The molecule has 0 saturated heterocycles. The van der Waals surface area contributed by atoms with E-state index in [-0.39, 0.29) is 4.90 Å². The summed E-state index contributed by atoms with van der Waals surface area (Å²) in [5.41, 5.74) is 0. The van der Waals surface area contributed by atoms with Crippen LogP contribution in [0.25, 0.3) is 0 Å². The van der Waals surface area contributed by atoms with Gasteiger partial charge in [0.1, 0.15) is 5.75 Å². The highest BCUT2D eigenvalue weighted by Crippen LogP contribution is 2.14. The molecule has 4 nitrogen and oxygen atoms in total. The van der Waals surface area contributed by atoms with Crippen LogP contribution in [0.1, 0.15) is 12.8 Å². The first-order chi connectivity index (χ1) is 10.6. The minimum atomic E-state index is -3.43. The maximum Gasteiger partial charge on any atom is 0.240 e. The van der Waals surface area contributed by atoms with E-state index in [4.69, 9.17) is 4.74 Å². The molecular formula is C16H17BrNO3S. The number of sulfonamides is 1. The number of benzene rings is 2. The highest BCUT2D eigenvalue weighted by molar-refractivity contribution is 9.10. The summed E-state index contributed by atoms with van der Waals surface area (Å²) in [4.78, 5) is 0.269. The fourth-order valence-electron chi connectivity index (χ4n) is 1.78. The Morgan fingerprint density at radius 2 is 1.86 bits per heavy atom. The van der Waals surface area contributed by atoms with E-state index in [0.29, 0.717) is 25.3 Å². The van der Waals surface area contributed by atoms with Crippen molar-refractivity contribution < 1.29 is 13.2 Å². The maximum atomic E-state index is 12.0. The lowest BCUT2D eigenvalue weighted by molar-refractivity contribution is 0.306. The number of para-hydroxylation sites is 1. The summed E-state index contributed by atoms with van der Waals surface area (Å²) in [6.07, 6.45) is 1.48. The summed E-state index contributed by atoms with van der Waals surface area (Å²) < 4.78 is 33.0. The van der Waals surface area contributed by atoms with Gasteiger partial charge in [0.2, 0.25) is 10.0 Å². The van der Waals surface area contributed by atoms with Gasteiger partial charge in [0.05, 0.1) is 11.5 Å². The summed E-state index contributed by atoms with van der Waals surface area (Å²) in [6.45, 7) is 0.931. The van der Waals surface area contributed by atoms with Crippen LogP contribution in [-0.4, -0.2) is 21.6 Å². The minimum Gasteiger partial charge on any atom is -0.493 e. The van der Waals surface area contributed by atoms with Gasteiger partial charge in [-0.15, -0.1) is 0 Å². The van der Waals surface area contributed by atoms with Gasteiger partial charge < -0.3 is 4.74 Å². The molecule has 0 aromatic heterocycles. The number of hydrogen-bond acceptors (Lipinski definition) is 3. The summed E-state index contributed by atoms with van der Waals surface area (Å²) >= 11 is 3.28. The summed E-state index contributed by atoms with van der Waals surface area (Å²) in [6, 6.07) is 16.9. The number of nitrogens with one attached hydrogen (secondary N) is 1. The zero-order chi connectivity index (χ0) is 15.8. The average Bonchev–Trinajstić information content (AvgIpc) is 2.52. The second-order valence-corrected chi connectivity index (χ2v) is 7.32. The summed E-state index contributed by atoms with van der Waals surface area (Å²) in [7, 11) is -3.43. The third-order valence-corrected chi connectivity index (χ3v) is 4.93. The van der Waals surface area contributed by atoms with Crippen LogP contribution in [0.15, 0.2) is 57.9 Å². The van der Waals surface area contributed by atoms with E-state index in [2.05, 4.69) is 26.7 Å². The molecule has 1 radical (unpaired) electrons. The Kier molecular flexibility index (Phi) is 6.42. The zero-order valence-corrected chi connectivity index (χ0v) is 14.4. The molecule has 0 unspecified atom stereocenters. The van der Waals surface area contributed by atoms with Crippen LogP contribution >= 0.6 is 15.9 Å². The highest BCUT2D eigenvalue weighted by atomic mass is 79.9. The maximum absolute atomic E-state index is 12.0. The number of unbranched alkanes of at least 4 members (excludes halogenated alkanes) is 1. The zero-order valence-electron chi connectivity index (χ0n) is 12.0. The number of ether oxygens (including phenoxy) is 1. The van der Waals surface area contributed by atoms with Crippen LogP contribution in [0.5, 0.6) is 5.75 Å². The Morgan fingerprint density at radius 3 is 2.55 bits per heavy atom. The quantitative estimate of drug-likeness (QED) is 0.711. The van der Waals surface area contributed by atoms with E-state index in [0.717, 1.165) is 10.9 Å². The lowest BCUT2D eigenvalue weighted by Gasteiger charge is -2.08. The second-order valence-electron chi connectivity index (χ2n) is 4.63. The van der Waals surface area contributed by atoms with Crippen LogP contribution in [0.3, 0.4) is 0 Å². The van der Waals surface area contributed by atoms with Crippen LogP contribution in [0.4, 0.5) is 0 Å². The van der Waals surface area contributed by atoms with Crippen molar-refractivity contribution in [2.45, 2.75) is 17.7 Å². The minimum absolute atomic E-state index is 0.269. The van der Waals surface area contributed by atoms with Crippen molar-refractivity contribution in [2.75, 3.05) is 13.2 Å². The normalized spacial score (nSPS) is 11.3. The summed E-state index contributed by atoms with van der Waals surface area (Å²) in [5.74, 6) is 0.706. The second kappa shape index (κ2) is 8.31. The van der Waals surface area contributed by atoms with E-state index in [1.54, 1.807) is 30.3 Å². The number of halogens is 1. The first-order valence-corrected chi connectivity index (χ1v) is 9.20. The van der Waals surface area contributed by atoms with E-state index in [9.17, 15) is 8.42 Å². The Hall–Kier alpha value is -1.37. The molecule has 0 heterocycles. The topological polar surface area (TPSA) is 55.4 Å². The molecule has 2 rings (SSSR count). The van der Waals surface area contributed by atoms with E-state index >= 15 is 0 Å². The fraction of sp³-hybridized carbons (Fsp3) is 0.250. The van der Waals surface area contributed by atoms with Crippen molar-refractivity contribution in [2.24, 2.45) is 0 Å². The third-order valence-electron chi connectivity index (χ3n) is 2.93. The van der Waals surface area contributed by atoms with Crippen molar-refractivity contribution in [3.63, 3.8) is 0 Å². The summed E-state index contributed by atoms with van der Waals surface area (Å²) in [5, 5.41) is 0. The van der Waals surface area contributed by atoms with Gasteiger partial charge in [-0.3, -0.25) is 0 Å². The molecule has 117 valence electrons. The molecule has 0 amide bonds. The largest absolute Gasteiger partial charge is 0.493 e. The average molecular weight is 383 g/mol. The van der Waals surface area contributed by atoms with Gasteiger partial charge in [0.25, 0.3) is 0 Å². The molecule has 2 aromatic rings. The molecule has 0 bridgehead atoms. The SMILES string of the molecule is O=S(=O)(NCCCCOc1[c]cccc1)c1ccc(Br)cc1. The molecule has 0 saturated carbocycles. The van der Waals surface area contributed by atoms with Gasteiger partial charge in [-0.2, -0.15) is 0 Å². The molecule has 2 aromatic carbocycles. The highest BCUT2D eigenvalue weighted by Gasteiger charge is 2.12. The van der Waals surface area contributed by atoms with Crippen molar-refractivity contribution in [3.8, 4) is 5.75 Å². The monoisotopic (exact) mass is 382 g/mol. The Labute approximate surface area is 139 Å². The van der Waals surface area contributed by atoms with Crippen LogP contribution in [-0.2, 0) is 10.0 Å². The lowest BCUT2D eigenvalue weighted by atomic mass is 10.3. The smallest absolute Gasteiger partial charge is 0.240 e. The number of hydrogen-bond donors (Lipinski definition) is 1. The Bertz CT molecular complexity index is 672. The van der Waals surface area contributed by atoms with Gasteiger partial charge in [-0.25, -0.2) is 13.1 Å². The Morgan fingerprint density at radius 1 is 1.09 bits per heavy atom. The molecule has 6 heteroatoms. The standard InChI is InChI=1S/C16H17BrNO3S/c17-14-8-10-16(11-9-14)22(19,20)18-12-4-5-13-21-15-6-2-1-3-7-15/h1-3,6,8-11,18H,4-5,12-13H2. The molecule has 0 aliphatic carbocycles. The van der Waals surface area contributed by atoms with E-state index < -0.39 is 10.0 Å². The molecular weight excluding hydrogens is 366 g/mol. The predicted octanol–water partition coefficient (Wildman–Crippen LogP) is 3.39. The molecule has 0 spiro atoms. The third kappa shape index (κ3) is 5.44. The van der Waals surface area contributed by atoms with E-state index in [1.807, 2.05) is 18.2 Å². The van der Waals surface area contributed by atoms with Crippen molar-refractivity contribution in [1.29, 1.82) is 0 Å². The first kappa shape index (κ1) is 17.0. The molecule has 0 fully saturated rings. The van der Waals surface area contributed by atoms with E-state index in [1.165, 1.54) is 0 Å². The predicted molar refractivity (Wildman–Crippen MR) is 89.3 cm³/mol. The van der Waals surface area contributed by atoms with Gasteiger partial charge in [-0.05, 0) is 43.2 Å². The van der Waals surface area contributed by atoms with Crippen LogP contribution < -0.4 is 9.46 Å². The van der Waals surface area contributed by atoms with Crippen molar-refractivity contribution in [1.82, 2.24) is 4.72 Å². The molecule has 0 aliphatic rings. The lowest BCUT2D eigenvalue weighted by Crippen LogP contribution is -2.25. The number of rotatable bonds is 8. The van der Waals surface area contributed by atoms with Crippen LogP contribution in [0, 0.1) is 6.07 Å². The molecule has 1 N–H and O–H groups in total. The molecule has 22 heavy (non-hydrogen) atoms. The van der Waals surface area contributed by atoms with Crippen molar-refractivity contribution in [3.05, 3.63) is 59.1 Å².